The van der Waals surface area contributed by atoms with Crippen molar-refractivity contribution in [2.75, 3.05) is 0 Å². The van der Waals surface area contributed by atoms with Gasteiger partial charge in [0, 0.05) is 5.56 Å². The first-order valence-electron chi connectivity index (χ1n) is 6.17. The van der Waals surface area contributed by atoms with Gasteiger partial charge in [0.25, 0.3) is 0 Å². The van der Waals surface area contributed by atoms with Gasteiger partial charge in [-0.2, -0.15) is 0 Å². The number of carboxylic acids is 1. The lowest BCUT2D eigenvalue weighted by Crippen LogP contribution is -2.38. The lowest BCUT2D eigenvalue weighted by Gasteiger charge is -2.34. The van der Waals surface area contributed by atoms with Crippen LogP contribution in [-0.2, 0) is 10.2 Å². The molecule has 98 valence electrons. The van der Waals surface area contributed by atoms with Crippen LogP contribution in [0, 0.1) is 18.6 Å². The van der Waals surface area contributed by atoms with Crippen LogP contribution in [0.1, 0.15) is 43.2 Å². The summed E-state index contributed by atoms with van der Waals surface area (Å²) >= 11 is 0. The molecule has 0 unspecified atom stereocenters. The molecule has 1 aromatic carbocycles. The Morgan fingerprint density at radius 2 is 1.78 bits per heavy atom. The number of aliphatic carboxylic acids is 1. The van der Waals surface area contributed by atoms with Crippen molar-refractivity contribution in [2.24, 2.45) is 0 Å². The van der Waals surface area contributed by atoms with Crippen LogP contribution < -0.4 is 0 Å². The minimum absolute atomic E-state index is 0.00204. The number of rotatable bonds is 2. The summed E-state index contributed by atoms with van der Waals surface area (Å²) in [6, 6.07) is 2.15. The van der Waals surface area contributed by atoms with E-state index >= 15 is 0 Å². The predicted octanol–water partition coefficient (Wildman–Crippen LogP) is 3.56. The van der Waals surface area contributed by atoms with Crippen molar-refractivity contribution >= 4 is 5.97 Å². The molecule has 0 heterocycles. The molecule has 0 atom stereocenters. The van der Waals surface area contributed by atoms with Crippen LogP contribution in [0.5, 0.6) is 0 Å². The van der Waals surface area contributed by atoms with Gasteiger partial charge >= 0.3 is 5.97 Å². The van der Waals surface area contributed by atoms with Crippen molar-refractivity contribution in [3.05, 3.63) is 34.9 Å². The summed E-state index contributed by atoms with van der Waals surface area (Å²) in [6.07, 6.45) is 3.18. The van der Waals surface area contributed by atoms with Gasteiger partial charge in [0.05, 0.1) is 5.41 Å². The monoisotopic (exact) mass is 254 g/mol. The van der Waals surface area contributed by atoms with E-state index in [4.69, 9.17) is 0 Å². The first kappa shape index (κ1) is 13.0. The molecule has 0 aliphatic heterocycles. The van der Waals surface area contributed by atoms with E-state index < -0.39 is 23.0 Å². The fraction of sp³-hybridized carbons (Fsp3) is 0.500. The number of carboxylic acid groups (broad SMARTS) is 1. The average Bonchev–Trinajstić information content (AvgIpc) is 2.34. The van der Waals surface area contributed by atoms with Gasteiger partial charge in [0.2, 0.25) is 0 Å². The molecular weight excluding hydrogens is 238 g/mol. The highest BCUT2D eigenvalue weighted by Gasteiger charge is 2.43. The van der Waals surface area contributed by atoms with Crippen molar-refractivity contribution in [3.8, 4) is 0 Å². The lowest BCUT2D eigenvalue weighted by molar-refractivity contribution is -0.145. The van der Waals surface area contributed by atoms with Crippen LogP contribution in [0.25, 0.3) is 0 Å². The van der Waals surface area contributed by atoms with Gasteiger partial charge in [-0.15, -0.1) is 0 Å². The molecule has 0 aromatic heterocycles. The van der Waals surface area contributed by atoms with Gasteiger partial charge in [0.15, 0.2) is 0 Å². The second kappa shape index (κ2) is 4.67. The van der Waals surface area contributed by atoms with Crippen LogP contribution in [-0.4, -0.2) is 11.1 Å². The quantitative estimate of drug-likeness (QED) is 0.876. The third-order valence-corrected chi connectivity index (χ3v) is 3.88. The molecule has 1 aliphatic rings. The summed E-state index contributed by atoms with van der Waals surface area (Å²) in [6.45, 7) is 1.47. The highest BCUT2D eigenvalue weighted by Crippen LogP contribution is 2.41. The minimum atomic E-state index is -1.25. The van der Waals surface area contributed by atoms with E-state index in [1.54, 1.807) is 0 Å². The van der Waals surface area contributed by atoms with Gasteiger partial charge in [-0.1, -0.05) is 19.3 Å². The zero-order valence-electron chi connectivity index (χ0n) is 10.3. The summed E-state index contributed by atoms with van der Waals surface area (Å²) in [4.78, 5) is 11.5. The van der Waals surface area contributed by atoms with E-state index in [1.165, 1.54) is 6.92 Å². The van der Waals surface area contributed by atoms with E-state index in [-0.39, 0.29) is 11.1 Å². The average molecular weight is 254 g/mol. The molecular formula is C14H16F2O2. The molecule has 1 aliphatic carbocycles. The highest BCUT2D eigenvalue weighted by molar-refractivity contribution is 5.81. The largest absolute Gasteiger partial charge is 0.481 e. The molecule has 1 fully saturated rings. The third-order valence-electron chi connectivity index (χ3n) is 3.88. The molecule has 1 saturated carbocycles. The van der Waals surface area contributed by atoms with E-state index in [0.717, 1.165) is 31.4 Å². The van der Waals surface area contributed by atoms with Gasteiger partial charge in [-0.25, -0.2) is 8.78 Å². The SMILES string of the molecule is Cc1cc(F)c(C2(C(=O)O)CCCCC2)cc1F. The molecule has 0 bridgehead atoms. The second-order valence-electron chi connectivity index (χ2n) is 5.03. The first-order chi connectivity index (χ1) is 8.47. The van der Waals surface area contributed by atoms with Gasteiger partial charge in [-0.3, -0.25) is 4.79 Å². The highest BCUT2D eigenvalue weighted by atomic mass is 19.1. The maximum atomic E-state index is 14.0. The van der Waals surface area contributed by atoms with Crippen molar-refractivity contribution in [3.63, 3.8) is 0 Å². The summed E-state index contributed by atoms with van der Waals surface area (Å²) < 4.78 is 27.6. The Kier molecular flexibility index (Phi) is 3.37. The second-order valence-corrected chi connectivity index (χ2v) is 5.03. The predicted molar refractivity (Wildman–Crippen MR) is 63.5 cm³/mol. The Morgan fingerprint density at radius 1 is 1.17 bits per heavy atom. The van der Waals surface area contributed by atoms with Crippen LogP contribution in [0.15, 0.2) is 12.1 Å². The van der Waals surface area contributed by atoms with Crippen LogP contribution in [0.3, 0.4) is 0 Å². The first-order valence-corrected chi connectivity index (χ1v) is 6.17. The third kappa shape index (κ3) is 2.00. The Labute approximate surface area is 105 Å². The minimum Gasteiger partial charge on any atom is -0.481 e. The van der Waals surface area contributed by atoms with Crippen LogP contribution >= 0.6 is 0 Å². The maximum absolute atomic E-state index is 14.0. The molecule has 0 spiro atoms. The number of halogens is 2. The van der Waals surface area contributed by atoms with Crippen LogP contribution in [0.4, 0.5) is 8.78 Å². The molecule has 4 heteroatoms. The molecule has 2 nitrogen and oxygen atoms in total. The fourth-order valence-corrected chi connectivity index (χ4v) is 2.77. The zero-order valence-corrected chi connectivity index (χ0v) is 10.3. The summed E-state index contributed by atoms with van der Waals surface area (Å²) in [7, 11) is 0. The lowest BCUT2D eigenvalue weighted by atomic mass is 9.69. The van der Waals surface area contributed by atoms with E-state index in [1.807, 2.05) is 0 Å². The van der Waals surface area contributed by atoms with Crippen molar-refractivity contribution < 1.29 is 18.7 Å². The summed E-state index contributed by atoms with van der Waals surface area (Å²) in [5.74, 6) is -2.21. The Hall–Kier alpha value is -1.45. The number of benzene rings is 1. The Morgan fingerprint density at radius 3 is 2.33 bits per heavy atom. The van der Waals surface area contributed by atoms with Crippen molar-refractivity contribution in [2.45, 2.75) is 44.4 Å². The van der Waals surface area contributed by atoms with Crippen LogP contribution in [0.2, 0.25) is 0 Å². The standard InChI is InChI=1S/C14H16F2O2/c1-9-7-12(16)10(8-11(9)15)14(13(17)18)5-3-2-4-6-14/h7-8H,2-6H2,1H3,(H,17,18). The number of aryl methyl sites for hydroxylation is 1. The van der Waals surface area contributed by atoms with Crippen molar-refractivity contribution in [1.82, 2.24) is 0 Å². The zero-order chi connectivity index (χ0) is 13.3. The number of carbonyl (C=O) groups is 1. The molecule has 1 N–H and O–H groups in total. The van der Waals surface area contributed by atoms with Gasteiger partial charge < -0.3 is 5.11 Å². The molecule has 0 saturated heterocycles. The normalized spacial score (nSPS) is 18.6. The smallest absolute Gasteiger partial charge is 0.314 e. The fourth-order valence-electron chi connectivity index (χ4n) is 2.77. The molecule has 18 heavy (non-hydrogen) atoms. The topological polar surface area (TPSA) is 37.3 Å². The molecule has 0 radical (unpaired) electrons. The molecule has 1 aromatic rings. The van der Waals surface area contributed by atoms with E-state index in [0.29, 0.717) is 12.8 Å². The van der Waals surface area contributed by atoms with Gasteiger partial charge in [-0.05, 0) is 37.5 Å². The van der Waals surface area contributed by atoms with E-state index in [9.17, 15) is 18.7 Å². The van der Waals surface area contributed by atoms with Gasteiger partial charge in [0.1, 0.15) is 11.6 Å². The maximum Gasteiger partial charge on any atom is 0.314 e. The van der Waals surface area contributed by atoms with Crippen molar-refractivity contribution in [1.29, 1.82) is 0 Å². The molecule has 2 rings (SSSR count). The number of hydrogen-bond donors (Lipinski definition) is 1. The molecule has 0 amide bonds. The summed E-state index contributed by atoms with van der Waals surface area (Å²) in [5, 5.41) is 9.44. The van der Waals surface area contributed by atoms with E-state index in [2.05, 4.69) is 0 Å². The summed E-state index contributed by atoms with van der Waals surface area (Å²) in [5.41, 5.74) is -1.05. The number of hydrogen-bond acceptors (Lipinski definition) is 1. The Balaban J connectivity index is 2.55. The Bertz CT molecular complexity index is 477.